The zero-order valence-electron chi connectivity index (χ0n) is 10.6. The lowest BCUT2D eigenvalue weighted by molar-refractivity contribution is 0.166. The molecule has 4 heteroatoms. The lowest BCUT2D eigenvalue weighted by Crippen LogP contribution is -2.06. The maximum absolute atomic E-state index is 11.0. The summed E-state index contributed by atoms with van der Waals surface area (Å²) in [6, 6.07) is 5.94. The minimum absolute atomic E-state index is 0.134. The normalized spacial score (nSPS) is 13.6. The second-order valence-electron chi connectivity index (χ2n) is 4.65. The van der Waals surface area contributed by atoms with Crippen molar-refractivity contribution >= 4 is 9.84 Å². The Kier molecular flexibility index (Phi) is 4.71. The van der Waals surface area contributed by atoms with Gasteiger partial charge >= 0.3 is 0 Å². The van der Waals surface area contributed by atoms with Gasteiger partial charge in [-0.1, -0.05) is 23.8 Å². The van der Waals surface area contributed by atoms with Gasteiger partial charge in [0.15, 0.2) is 0 Å². The number of benzene rings is 1. The fourth-order valence-electron chi connectivity index (χ4n) is 1.81. The lowest BCUT2D eigenvalue weighted by atomic mass is 9.98. The summed E-state index contributed by atoms with van der Waals surface area (Å²) in [4.78, 5) is 0. The third-order valence-electron chi connectivity index (χ3n) is 2.79. The van der Waals surface area contributed by atoms with E-state index in [4.69, 9.17) is 0 Å². The van der Waals surface area contributed by atoms with Gasteiger partial charge in [0, 0.05) is 12.0 Å². The molecule has 3 nitrogen and oxygen atoms in total. The average molecular weight is 256 g/mol. The summed E-state index contributed by atoms with van der Waals surface area (Å²) in [5.41, 5.74) is 3.05. The molecular formula is C13H20O3S. The van der Waals surface area contributed by atoms with Crippen LogP contribution < -0.4 is 0 Å². The quantitative estimate of drug-likeness (QED) is 0.878. The van der Waals surface area contributed by atoms with E-state index >= 15 is 0 Å². The van der Waals surface area contributed by atoms with Gasteiger partial charge in [-0.05, 0) is 37.8 Å². The summed E-state index contributed by atoms with van der Waals surface area (Å²) in [6.07, 6.45) is 1.62. The third-order valence-corrected chi connectivity index (χ3v) is 3.82. The summed E-state index contributed by atoms with van der Waals surface area (Å²) in [5.74, 6) is 0.134. The molecule has 0 radical (unpaired) electrons. The Bertz CT molecular complexity index is 477. The van der Waals surface area contributed by atoms with Crippen molar-refractivity contribution in [2.24, 2.45) is 0 Å². The standard InChI is InChI=1S/C13H20O3S/c1-10-6-7-11(2)12(9-10)13(14)5-4-8-17(3,15)16/h6-7,9,13-14H,4-5,8H2,1-3H3. The van der Waals surface area contributed by atoms with Gasteiger partial charge in [-0.25, -0.2) is 8.42 Å². The highest BCUT2D eigenvalue weighted by atomic mass is 32.2. The van der Waals surface area contributed by atoms with Crippen LogP contribution in [0.3, 0.4) is 0 Å². The van der Waals surface area contributed by atoms with Gasteiger partial charge in [0.2, 0.25) is 0 Å². The molecule has 0 aliphatic rings. The smallest absolute Gasteiger partial charge is 0.147 e. The van der Waals surface area contributed by atoms with E-state index < -0.39 is 15.9 Å². The minimum atomic E-state index is -2.93. The van der Waals surface area contributed by atoms with E-state index in [1.54, 1.807) is 0 Å². The highest BCUT2D eigenvalue weighted by molar-refractivity contribution is 7.90. The van der Waals surface area contributed by atoms with Crippen LogP contribution in [0.1, 0.15) is 35.6 Å². The number of aryl methyl sites for hydroxylation is 2. The number of hydrogen-bond acceptors (Lipinski definition) is 3. The van der Waals surface area contributed by atoms with Crippen molar-refractivity contribution < 1.29 is 13.5 Å². The van der Waals surface area contributed by atoms with E-state index in [-0.39, 0.29) is 5.75 Å². The second-order valence-corrected chi connectivity index (χ2v) is 6.91. The monoisotopic (exact) mass is 256 g/mol. The van der Waals surface area contributed by atoms with Gasteiger partial charge in [0.25, 0.3) is 0 Å². The SMILES string of the molecule is Cc1ccc(C)c(C(O)CCCS(C)(=O)=O)c1. The van der Waals surface area contributed by atoms with Crippen molar-refractivity contribution in [1.29, 1.82) is 0 Å². The first kappa shape index (κ1) is 14.2. The first-order valence-corrected chi connectivity index (χ1v) is 7.78. The number of aliphatic hydroxyl groups is 1. The van der Waals surface area contributed by atoms with E-state index in [9.17, 15) is 13.5 Å². The minimum Gasteiger partial charge on any atom is -0.388 e. The number of sulfone groups is 1. The molecule has 0 saturated heterocycles. The van der Waals surface area contributed by atoms with Gasteiger partial charge in [0.05, 0.1) is 6.10 Å². The highest BCUT2D eigenvalue weighted by Crippen LogP contribution is 2.23. The summed E-state index contributed by atoms with van der Waals surface area (Å²) in [6.45, 7) is 3.93. The molecule has 0 amide bonds. The Morgan fingerprint density at radius 1 is 1.29 bits per heavy atom. The van der Waals surface area contributed by atoms with E-state index in [2.05, 4.69) is 0 Å². The van der Waals surface area contributed by atoms with Gasteiger partial charge in [-0.2, -0.15) is 0 Å². The first-order chi connectivity index (χ1) is 7.79. The van der Waals surface area contributed by atoms with E-state index in [0.717, 1.165) is 16.7 Å². The van der Waals surface area contributed by atoms with Crippen LogP contribution in [-0.4, -0.2) is 25.5 Å². The molecule has 0 aromatic heterocycles. The summed E-state index contributed by atoms with van der Waals surface area (Å²) < 4.78 is 22.0. The van der Waals surface area contributed by atoms with Crippen molar-refractivity contribution in [3.63, 3.8) is 0 Å². The summed E-state index contributed by atoms with van der Waals surface area (Å²) in [5, 5.41) is 10.0. The zero-order chi connectivity index (χ0) is 13.1. The van der Waals surface area contributed by atoms with E-state index in [1.165, 1.54) is 6.26 Å². The maximum atomic E-state index is 11.0. The van der Waals surface area contributed by atoms with Gasteiger partial charge in [-0.3, -0.25) is 0 Å². The molecule has 0 spiro atoms. The highest BCUT2D eigenvalue weighted by Gasteiger charge is 2.12. The van der Waals surface area contributed by atoms with Gasteiger partial charge in [-0.15, -0.1) is 0 Å². The van der Waals surface area contributed by atoms with Gasteiger partial charge < -0.3 is 5.11 Å². The van der Waals surface area contributed by atoms with Crippen molar-refractivity contribution in [1.82, 2.24) is 0 Å². The fraction of sp³-hybridized carbons (Fsp3) is 0.538. The molecule has 1 aromatic rings. The van der Waals surface area contributed by atoms with Gasteiger partial charge in [0.1, 0.15) is 9.84 Å². The molecular weight excluding hydrogens is 236 g/mol. The Hall–Kier alpha value is -0.870. The third kappa shape index (κ3) is 4.88. The number of hydrogen-bond donors (Lipinski definition) is 1. The summed E-state index contributed by atoms with van der Waals surface area (Å²) >= 11 is 0. The fourth-order valence-corrected chi connectivity index (χ4v) is 2.50. The Morgan fingerprint density at radius 2 is 1.94 bits per heavy atom. The van der Waals surface area contributed by atoms with Crippen molar-refractivity contribution in [3.8, 4) is 0 Å². The van der Waals surface area contributed by atoms with Crippen LogP contribution in [0.2, 0.25) is 0 Å². The van der Waals surface area contributed by atoms with Crippen molar-refractivity contribution in [2.75, 3.05) is 12.0 Å². The molecule has 1 atom stereocenters. The Labute approximate surface area is 103 Å². The zero-order valence-corrected chi connectivity index (χ0v) is 11.4. The van der Waals surface area contributed by atoms with Crippen molar-refractivity contribution in [3.05, 3.63) is 34.9 Å². The molecule has 17 heavy (non-hydrogen) atoms. The Morgan fingerprint density at radius 3 is 2.53 bits per heavy atom. The molecule has 0 bridgehead atoms. The molecule has 0 fully saturated rings. The molecule has 0 saturated carbocycles. The first-order valence-electron chi connectivity index (χ1n) is 5.72. The maximum Gasteiger partial charge on any atom is 0.147 e. The van der Waals surface area contributed by atoms with Crippen LogP contribution >= 0.6 is 0 Å². The summed E-state index contributed by atoms with van der Waals surface area (Å²) in [7, 11) is -2.93. The number of aliphatic hydroxyl groups excluding tert-OH is 1. The van der Waals surface area contributed by atoms with Crippen LogP contribution in [0.25, 0.3) is 0 Å². The molecule has 0 heterocycles. The second kappa shape index (κ2) is 5.65. The largest absolute Gasteiger partial charge is 0.388 e. The average Bonchev–Trinajstić information content (AvgIpc) is 2.19. The van der Waals surface area contributed by atoms with E-state index in [0.29, 0.717) is 12.8 Å². The number of rotatable bonds is 5. The van der Waals surface area contributed by atoms with Crippen LogP contribution in [0.4, 0.5) is 0 Å². The van der Waals surface area contributed by atoms with Crippen LogP contribution in [0, 0.1) is 13.8 Å². The van der Waals surface area contributed by atoms with Crippen LogP contribution in [0.5, 0.6) is 0 Å². The molecule has 0 aliphatic carbocycles. The molecule has 96 valence electrons. The lowest BCUT2D eigenvalue weighted by Gasteiger charge is -2.14. The predicted molar refractivity (Wildman–Crippen MR) is 69.8 cm³/mol. The molecule has 1 rings (SSSR count). The molecule has 1 N–H and O–H groups in total. The van der Waals surface area contributed by atoms with Crippen molar-refractivity contribution in [2.45, 2.75) is 32.8 Å². The molecule has 1 unspecified atom stereocenters. The predicted octanol–water partition coefficient (Wildman–Crippen LogP) is 2.16. The topological polar surface area (TPSA) is 54.4 Å². The van der Waals surface area contributed by atoms with E-state index in [1.807, 2.05) is 32.0 Å². The molecule has 0 aliphatic heterocycles. The molecule has 1 aromatic carbocycles. The van der Waals surface area contributed by atoms with Crippen LogP contribution in [-0.2, 0) is 9.84 Å². The van der Waals surface area contributed by atoms with Crippen LogP contribution in [0.15, 0.2) is 18.2 Å². The Balaban J connectivity index is 2.64.